The molecule has 1 heterocycles. The highest BCUT2D eigenvalue weighted by Crippen LogP contribution is 2.20. The van der Waals surface area contributed by atoms with Crippen LogP contribution in [0, 0.1) is 0 Å². The van der Waals surface area contributed by atoms with Gasteiger partial charge in [0.2, 0.25) is 0 Å². The van der Waals surface area contributed by atoms with E-state index in [0.29, 0.717) is 18.8 Å². The van der Waals surface area contributed by atoms with Gasteiger partial charge in [0.15, 0.2) is 0 Å². The zero-order valence-corrected chi connectivity index (χ0v) is 10.2. The number of rotatable bonds is 5. The van der Waals surface area contributed by atoms with E-state index in [1.54, 1.807) is 12.3 Å². The highest BCUT2D eigenvalue weighted by atomic mass is 16.5. The van der Waals surface area contributed by atoms with Crippen molar-refractivity contribution in [1.29, 1.82) is 0 Å². The number of ether oxygens (including phenoxy) is 1. The minimum Gasteiger partial charge on any atom is -0.493 e. The zero-order chi connectivity index (χ0) is 13.7. The average molecular weight is 258 g/mol. The topological polar surface area (TPSA) is 85.4 Å². The third kappa shape index (κ3) is 3.45. The Morgan fingerprint density at radius 1 is 1.32 bits per heavy atom. The molecular weight excluding hydrogens is 244 g/mol. The Labute approximate surface area is 110 Å². The number of nitrogens with two attached hydrogens (primary N) is 1. The van der Waals surface area contributed by atoms with Crippen LogP contribution in [0.2, 0.25) is 0 Å². The van der Waals surface area contributed by atoms with E-state index in [-0.39, 0.29) is 11.3 Å². The van der Waals surface area contributed by atoms with Gasteiger partial charge in [0.1, 0.15) is 5.75 Å². The fourth-order valence-corrected chi connectivity index (χ4v) is 1.64. The molecule has 0 aliphatic carbocycles. The van der Waals surface area contributed by atoms with Gasteiger partial charge in [-0.2, -0.15) is 0 Å². The second kappa shape index (κ2) is 5.86. The van der Waals surface area contributed by atoms with E-state index in [9.17, 15) is 4.79 Å². The summed E-state index contributed by atoms with van der Waals surface area (Å²) in [6.07, 6.45) is 2.41. The van der Waals surface area contributed by atoms with Gasteiger partial charge in [0, 0.05) is 30.1 Å². The van der Waals surface area contributed by atoms with E-state index in [2.05, 4.69) is 4.98 Å². The fraction of sp³-hybridized carbons (Fsp3) is 0.143. The predicted octanol–water partition coefficient (Wildman–Crippen LogP) is 1.98. The number of hydrogen-bond acceptors (Lipinski definition) is 4. The van der Waals surface area contributed by atoms with Crippen molar-refractivity contribution < 1.29 is 14.6 Å². The van der Waals surface area contributed by atoms with E-state index in [1.165, 1.54) is 12.1 Å². The van der Waals surface area contributed by atoms with Gasteiger partial charge in [-0.3, -0.25) is 4.98 Å². The summed E-state index contributed by atoms with van der Waals surface area (Å²) in [6.45, 7) is 0.461. The number of aromatic nitrogens is 1. The Bertz CT molecular complexity index is 570. The molecule has 0 unspecified atom stereocenters. The number of carbonyl (C=O) groups is 1. The smallest absolute Gasteiger partial charge is 0.337 e. The molecule has 0 aliphatic rings. The van der Waals surface area contributed by atoms with Crippen LogP contribution < -0.4 is 10.5 Å². The third-order valence-electron chi connectivity index (χ3n) is 2.61. The van der Waals surface area contributed by atoms with Crippen molar-refractivity contribution in [2.24, 2.45) is 0 Å². The number of carboxylic acid groups (broad SMARTS) is 1. The molecule has 0 saturated carbocycles. The largest absolute Gasteiger partial charge is 0.493 e. The monoisotopic (exact) mass is 258 g/mol. The lowest BCUT2D eigenvalue weighted by molar-refractivity contribution is 0.0698. The lowest BCUT2D eigenvalue weighted by Gasteiger charge is -2.08. The summed E-state index contributed by atoms with van der Waals surface area (Å²) in [5, 5.41) is 8.85. The molecule has 2 rings (SSSR count). The molecule has 0 aliphatic heterocycles. The number of nitrogens with zero attached hydrogens (tertiary/aromatic N) is 1. The van der Waals surface area contributed by atoms with Gasteiger partial charge in [-0.05, 0) is 24.3 Å². The minimum absolute atomic E-state index is 0.0806. The first-order valence-corrected chi connectivity index (χ1v) is 5.82. The first-order chi connectivity index (χ1) is 9.16. The van der Waals surface area contributed by atoms with Crippen molar-refractivity contribution in [1.82, 2.24) is 4.98 Å². The first kappa shape index (κ1) is 12.9. The number of pyridine rings is 1. The highest BCUT2D eigenvalue weighted by molar-refractivity contribution is 5.93. The van der Waals surface area contributed by atoms with Crippen molar-refractivity contribution in [3.8, 4) is 5.75 Å². The van der Waals surface area contributed by atoms with Crippen LogP contribution in [0.5, 0.6) is 5.75 Å². The zero-order valence-electron chi connectivity index (χ0n) is 10.2. The summed E-state index contributed by atoms with van der Waals surface area (Å²) in [5.41, 5.74) is 6.85. The summed E-state index contributed by atoms with van der Waals surface area (Å²) in [5.74, 6) is -0.490. The second-order valence-corrected chi connectivity index (χ2v) is 3.97. The molecule has 3 N–H and O–H groups in total. The molecule has 1 aromatic heterocycles. The molecule has 5 heteroatoms. The average Bonchev–Trinajstić information content (AvgIpc) is 2.39. The van der Waals surface area contributed by atoms with Crippen LogP contribution in [0.3, 0.4) is 0 Å². The number of aromatic carboxylic acids is 1. The lowest BCUT2D eigenvalue weighted by atomic mass is 10.2. The molecular formula is C14H14N2O3. The highest BCUT2D eigenvalue weighted by Gasteiger charge is 2.08. The summed E-state index contributed by atoms with van der Waals surface area (Å²) < 4.78 is 5.51. The predicted molar refractivity (Wildman–Crippen MR) is 71.2 cm³/mol. The van der Waals surface area contributed by atoms with Crippen LogP contribution in [0.15, 0.2) is 42.6 Å². The van der Waals surface area contributed by atoms with Crippen LogP contribution in [0.25, 0.3) is 0 Å². The number of benzene rings is 1. The normalized spacial score (nSPS) is 10.1. The maximum atomic E-state index is 10.8. The van der Waals surface area contributed by atoms with Crippen LogP contribution in [0.1, 0.15) is 16.1 Å². The number of anilines is 1. The molecule has 0 radical (unpaired) electrons. The van der Waals surface area contributed by atoms with Gasteiger partial charge in [-0.15, -0.1) is 0 Å². The first-order valence-electron chi connectivity index (χ1n) is 5.82. The van der Waals surface area contributed by atoms with Crippen molar-refractivity contribution in [3.63, 3.8) is 0 Å². The summed E-state index contributed by atoms with van der Waals surface area (Å²) in [6, 6.07) is 10.2. The molecule has 1 aromatic carbocycles. The third-order valence-corrected chi connectivity index (χ3v) is 2.61. The Morgan fingerprint density at radius 3 is 2.79 bits per heavy atom. The Balaban J connectivity index is 1.93. The van der Waals surface area contributed by atoms with Crippen LogP contribution in [0.4, 0.5) is 5.69 Å². The van der Waals surface area contributed by atoms with E-state index >= 15 is 0 Å². The Morgan fingerprint density at radius 2 is 2.16 bits per heavy atom. The van der Waals surface area contributed by atoms with Crippen LogP contribution >= 0.6 is 0 Å². The fourth-order valence-electron chi connectivity index (χ4n) is 1.64. The van der Waals surface area contributed by atoms with Gasteiger partial charge in [0.05, 0.1) is 12.2 Å². The number of nitrogen functional groups attached to an aromatic ring is 1. The van der Waals surface area contributed by atoms with Crippen molar-refractivity contribution >= 4 is 11.7 Å². The minimum atomic E-state index is -1.04. The summed E-state index contributed by atoms with van der Waals surface area (Å²) in [7, 11) is 0. The van der Waals surface area contributed by atoms with Gasteiger partial charge in [0.25, 0.3) is 0 Å². The van der Waals surface area contributed by atoms with Gasteiger partial charge in [-0.1, -0.05) is 6.07 Å². The molecule has 0 bridgehead atoms. The second-order valence-electron chi connectivity index (χ2n) is 3.97. The number of hydrogen-bond donors (Lipinski definition) is 2. The van der Waals surface area contributed by atoms with Crippen molar-refractivity contribution in [2.75, 3.05) is 12.3 Å². The van der Waals surface area contributed by atoms with E-state index in [0.717, 1.165) is 5.69 Å². The van der Waals surface area contributed by atoms with E-state index < -0.39 is 5.97 Å². The molecule has 19 heavy (non-hydrogen) atoms. The lowest BCUT2D eigenvalue weighted by Crippen LogP contribution is -2.05. The van der Waals surface area contributed by atoms with Gasteiger partial charge in [-0.25, -0.2) is 4.79 Å². The number of carboxylic acids is 1. The van der Waals surface area contributed by atoms with Crippen LogP contribution in [-0.4, -0.2) is 22.7 Å². The molecule has 0 saturated heterocycles. The molecule has 2 aromatic rings. The molecule has 0 spiro atoms. The Kier molecular flexibility index (Phi) is 3.97. The summed E-state index contributed by atoms with van der Waals surface area (Å²) in [4.78, 5) is 15.0. The molecule has 0 fully saturated rings. The molecule has 0 atom stereocenters. The summed E-state index contributed by atoms with van der Waals surface area (Å²) >= 11 is 0. The Hall–Kier alpha value is -2.56. The maximum absolute atomic E-state index is 10.8. The van der Waals surface area contributed by atoms with Gasteiger partial charge < -0.3 is 15.6 Å². The molecule has 5 nitrogen and oxygen atoms in total. The quantitative estimate of drug-likeness (QED) is 0.801. The molecule has 0 amide bonds. The van der Waals surface area contributed by atoms with E-state index in [1.807, 2.05) is 18.2 Å². The van der Waals surface area contributed by atoms with Crippen LogP contribution in [-0.2, 0) is 6.42 Å². The van der Waals surface area contributed by atoms with E-state index in [4.69, 9.17) is 15.6 Å². The van der Waals surface area contributed by atoms with Crippen molar-refractivity contribution in [2.45, 2.75) is 6.42 Å². The SMILES string of the molecule is Nc1cc(OCCc2ccccn2)ccc1C(=O)O. The maximum Gasteiger partial charge on any atom is 0.337 e. The standard InChI is InChI=1S/C14H14N2O3/c15-13-9-11(4-5-12(13)14(17)18)19-8-6-10-3-1-2-7-16-10/h1-5,7,9H,6,8,15H2,(H,17,18). The van der Waals surface area contributed by atoms with Gasteiger partial charge >= 0.3 is 5.97 Å². The van der Waals surface area contributed by atoms with Crippen molar-refractivity contribution in [3.05, 3.63) is 53.9 Å². The molecule has 98 valence electrons.